The summed E-state index contributed by atoms with van der Waals surface area (Å²) in [5, 5.41) is 0. The number of hydrogen-bond donors (Lipinski definition) is 0. The van der Waals surface area contributed by atoms with Gasteiger partial charge in [0.2, 0.25) is 5.91 Å². The molecule has 0 unspecified atom stereocenters. The largest absolute Gasteiger partial charge is 0.494 e. The van der Waals surface area contributed by atoms with E-state index in [1.807, 2.05) is 54.3 Å². The number of fused-ring (bicyclic) bond motifs is 1. The van der Waals surface area contributed by atoms with Gasteiger partial charge in [0.15, 0.2) is 5.78 Å². The summed E-state index contributed by atoms with van der Waals surface area (Å²) >= 11 is 0. The van der Waals surface area contributed by atoms with E-state index in [2.05, 4.69) is 0 Å². The van der Waals surface area contributed by atoms with Crippen LogP contribution in [0.3, 0.4) is 0 Å². The number of Topliss-reactive ketones (excluding diaryl/α,β-unsaturated/α-hetero) is 1. The van der Waals surface area contributed by atoms with Gasteiger partial charge in [-0.05, 0) is 68.1 Å². The van der Waals surface area contributed by atoms with Crippen LogP contribution in [0.25, 0.3) is 0 Å². The van der Waals surface area contributed by atoms with Crippen LogP contribution in [0, 0.1) is 0 Å². The van der Waals surface area contributed by atoms with Crippen LogP contribution in [-0.4, -0.2) is 24.8 Å². The first-order valence-corrected chi connectivity index (χ1v) is 8.74. The summed E-state index contributed by atoms with van der Waals surface area (Å²) in [4.78, 5) is 26.2. The Hall–Kier alpha value is -2.62. The maximum Gasteiger partial charge on any atom is 0.231 e. The number of ether oxygens (including phenoxy) is 1. The fourth-order valence-electron chi connectivity index (χ4n) is 3.22. The Morgan fingerprint density at radius 1 is 1.12 bits per heavy atom. The molecule has 0 saturated heterocycles. The highest BCUT2D eigenvalue weighted by Crippen LogP contribution is 2.29. The first kappa shape index (κ1) is 17.2. The predicted molar refractivity (Wildman–Crippen MR) is 98.4 cm³/mol. The molecule has 2 aromatic rings. The molecule has 0 aromatic heterocycles. The molecule has 0 fully saturated rings. The van der Waals surface area contributed by atoms with Crippen molar-refractivity contribution in [1.82, 2.24) is 0 Å². The maximum absolute atomic E-state index is 12.8. The van der Waals surface area contributed by atoms with Crippen LogP contribution in [0.1, 0.15) is 41.8 Å². The third-order valence-corrected chi connectivity index (χ3v) is 4.50. The molecular formula is C21H23NO3. The number of carbonyl (C=O) groups excluding carboxylic acids is 2. The number of ketones is 1. The van der Waals surface area contributed by atoms with Crippen LogP contribution in [0.2, 0.25) is 0 Å². The average molecular weight is 337 g/mol. The van der Waals surface area contributed by atoms with E-state index in [1.54, 1.807) is 6.92 Å². The molecule has 2 aromatic carbocycles. The number of nitrogens with zero attached hydrogens (tertiary/aromatic N) is 1. The monoisotopic (exact) mass is 337 g/mol. The van der Waals surface area contributed by atoms with E-state index in [1.165, 1.54) is 0 Å². The lowest BCUT2D eigenvalue weighted by molar-refractivity contribution is -0.118. The lowest BCUT2D eigenvalue weighted by Crippen LogP contribution is -2.36. The Labute approximate surface area is 148 Å². The molecule has 25 heavy (non-hydrogen) atoms. The van der Waals surface area contributed by atoms with Gasteiger partial charge in [-0.3, -0.25) is 9.59 Å². The SMILES string of the molecule is CCOc1ccc(CC(=O)N2CCCc3cc(C(C)=O)ccc32)cc1. The van der Waals surface area contributed by atoms with Crippen molar-refractivity contribution in [2.45, 2.75) is 33.1 Å². The molecule has 0 atom stereocenters. The highest BCUT2D eigenvalue weighted by atomic mass is 16.5. The van der Waals surface area contributed by atoms with E-state index < -0.39 is 0 Å². The number of hydrogen-bond acceptors (Lipinski definition) is 3. The molecule has 130 valence electrons. The molecule has 3 rings (SSSR count). The lowest BCUT2D eigenvalue weighted by Gasteiger charge is -2.30. The fraction of sp³-hybridized carbons (Fsp3) is 0.333. The molecule has 4 nitrogen and oxygen atoms in total. The Morgan fingerprint density at radius 3 is 2.56 bits per heavy atom. The Morgan fingerprint density at radius 2 is 1.88 bits per heavy atom. The van der Waals surface area contributed by atoms with Gasteiger partial charge in [0.05, 0.1) is 13.0 Å². The molecular weight excluding hydrogens is 314 g/mol. The van der Waals surface area contributed by atoms with Gasteiger partial charge < -0.3 is 9.64 Å². The van der Waals surface area contributed by atoms with Gasteiger partial charge in [-0.25, -0.2) is 0 Å². The lowest BCUT2D eigenvalue weighted by atomic mass is 9.97. The second-order valence-electron chi connectivity index (χ2n) is 6.30. The molecule has 0 N–H and O–H groups in total. The predicted octanol–water partition coefficient (Wildman–Crippen LogP) is 3.81. The number of amides is 1. The summed E-state index contributed by atoms with van der Waals surface area (Å²) in [5.41, 5.74) is 3.70. The summed E-state index contributed by atoms with van der Waals surface area (Å²) in [6, 6.07) is 13.3. The van der Waals surface area contributed by atoms with Gasteiger partial charge in [-0.1, -0.05) is 12.1 Å². The van der Waals surface area contributed by atoms with Crippen LogP contribution >= 0.6 is 0 Å². The zero-order chi connectivity index (χ0) is 17.8. The van der Waals surface area contributed by atoms with Gasteiger partial charge in [0, 0.05) is 17.8 Å². The summed E-state index contributed by atoms with van der Waals surface area (Å²) < 4.78 is 5.44. The molecule has 4 heteroatoms. The Bertz CT molecular complexity index is 780. The summed E-state index contributed by atoms with van der Waals surface area (Å²) in [5.74, 6) is 0.958. The van der Waals surface area contributed by atoms with Gasteiger partial charge in [-0.15, -0.1) is 0 Å². The normalized spacial score (nSPS) is 13.3. The number of benzene rings is 2. The van der Waals surface area contributed by atoms with Gasteiger partial charge >= 0.3 is 0 Å². The number of rotatable bonds is 5. The van der Waals surface area contributed by atoms with Crippen molar-refractivity contribution in [2.24, 2.45) is 0 Å². The van der Waals surface area contributed by atoms with Crippen LogP contribution < -0.4 is 9.64 Å². The van der Waals surface area contributed by atoms with Gasteiger partial charge in [-0.2, -0.15) is 0 Å². The van der Waals surface area contributed by atoms with Crippen molar-refractivity contribution in [1.29, 1.82) is 0 Å². The van der Waals surface area contributed by atoms with Crippen LogP contribution in [0.5, 0.6) is 5.75 Å². The van der Waals surface area contributed by atoms with Crippen molar-refractivity contribution in [3.05, 3.63) is 59.2 Å². The van der Waals surface area contributed by atoms with E-state index in [0.717, 1.165) is 42.0 Å². The van der Waals surface area contributed by atoms with Gasteiger partial charge in [0.25, 0.3) is 0 Å². The first-order valence-electron chi connectivity index (χ1n) is 8.74. The second kappa shape index (κ2) is 7.51. The summed E-state index contributed by atoms with van der Waals surface area (Å²) in [6.07, 6.45) is 2.19. The van der Waals surface area contributed by atoms with Crippen LogP contribution in [0.15, 0.2) is 42.5 Å². The first-order chi connectivity index (χ1) is 12.1. The number of anilines is 1. The highest BCUT2D eigenvalue weighted by molar-refractivity contribution is 5.98. The molecule has 0 spiro atoms. The number of carbonyl (C=O) groups is 2. The zero-order valence-corrected chi connectivity index (χ0v) is 14.7. The quantitative estimate of drug-likeness (QED) is 0.780. The number of aryl methyl sites for hydroxylation is 1. The highest BCUT2D eigenvalue weighted by Gasteiger charge is 2.23. The minimum Gasteiger partial charge on any atom is -0.494 e. The van der Waals surface area contributed by atoms with Crippen molar-refractivity contribution in [3.63, 3.8) is 0 Å². The minimum atomic E-state index is 0.0561. The van der Waals surface area contributed by atoms with Crippen LogP contribution in [0.4, 0.5) is 5.69 Å². The average Bonchev–Trinajstić information content (AvgIpc) is 2.62. The topological polar surface area (TPSA) is 46.6 Å². The van der Waals surface area contributed by atoms with E-state index >= 15 is 0 Å². The smallest absolute Gasteiger partial charge is 0.231 e. The zero-order valence-electron chi connectivity index (χ0n) is 14.7. The molecule has 0 aliphatic carbocycles. The Balaban J connectivity index is 1.76. The molecule has 0 bridgehead atoms. The standard InChI is InChI=1S/C21H23NO3/c1-3-25-19-9-6-16(7-10-19)13-21(24)22-12-4-5-18-14-17(15(2)23)8-11-20(18)22/h6-11,14H,3-5,12-13H2,1-2H3. The molecule has 1 heterocycles. The summed E-state index contributed by atoms with van der Waals surface area (Å²) in [6.45, 7) is 4.87. The van der Waals surface area contributed by atoms with Crippen molar-refractivity contribution in [3.8, 4) is 5.75 Å². The van der Waals surface area contributed by atoms with Crippen molar-refractivity contribution in [2.75, 3.05) is 18.1 Å². The second-order valence-corrected chi connectivity index (χ2v) is 6.30. The third-order valence-electron chi connectivity index (χ3n) is 4.50. The molecule has 0 radical (unpaired) electrons. The minimum absolute atomic E-state index is 0.0561. The summed E-state index contributed by atoms with van der Waals surface area (Å²) in [7, 11) is 0. The molecule has 1 aliphatic rings. The third kappa shape index (κ3) is 3.90. The molecule has 0 saturated carbocycles. The molecule has 1 amide bonds. The van der Waals surface area contributed by atoms with E-state index in [0.29, 0.717) is 18.6 Å². The van der Waals surface area contributed by atoms with Crippen LogP contribution in [-0.2, 0) is 17.6 Å². The van der Waals surface area contributed by atoms with E-state index in [-0.39, 0.29) is 11.7 Å². The Kier molecular flexibility index (Phi) is 5.17. The van der Waals surface area contributed by atoms with E-state index in [9.17, 15) is 9.59 Å². The van der Waals surface area contributed by atoms with Crippen molar-refractivity contribution < 1.29 is 14.3 Å². The van der Waals surface area contributed by atoms with Gasteiger partial charge in [0.1, 0.15) is 5.75 Å². The van der Waals surface area contributed by atoms with Crippen molar-refractivity contribution >= 4 is 17.4 Å². The maximum atomic E-state index is 12.8. The fourth-order valence-corrected chi connectivity index (χ4v) is 3.22. The van der Waals surface area contributed by atoms with E-state index in [4.69, 9.17) is 4.74 Å². The molecule has 1 aliphatic heterocycles.